The summed E-state index contributed by atoms with van der Waals surface area (Å²) in [5.74, 6) is -24.8. The van der Waals surface area contributed by atoms with Crippen LogP contribution in [-0.2, 0) is 0 Å². The molecule has 0 spiro atoms. The molecule has 0 aliphatic heterocycles. The van der Waals surface area contributed by atoms with Gasteiger partial charge in [-0.15, -0.1) is 0 Å². The largest absolute Gasteiger partial charge is 0.303 e. The fourth-order valence-corrected chi connectivity index (χ4v) is 3.64. The molecule has 0 aliphatic rings. The molecule has 34 heavy (non-hydrogen) atoms. The van der Waals surface area contributed by atoms with Crippen LogP contribution >= 0.6 is 0 Å². The maximum Gasteiger partial charge on any atom is 0.257 e. The van der Waals surface area contributed by atoms with Gasteiger partial charge in [-0.3, -0.25) is 0 Å². The molecule has 0 N–H and O–H groups in total. The topological polar surface area (TPSA) is 3.24 Å². The zero-order chi connectivity index (χ0) is 25.6. The highest BCUT2D eigenvalue weighted by molar-refractivity contribution is 6.96. The van der Waals surface area contributed by atoms with Gasteiger partial charge in [0, 0.05) is 17.0 Å². The van der Waals surface area contributed by atoms with Crippen molar-refractivity contribution < 1.29 is 43.9 Å². The Morgan fingerprint density at radius 2 is 0.882 bits per heavy atom. The molecule has 0 fully saturated rings. The van der Waals surface area contributed by atoms with Crippen molar-refractivity contribution in [2.45, 2.75) is 13.0 Å². The van der Waals surface area contributed by atoms with Crippen LogP contribution in [0.25, 0.3) is 0 Å². The molecular formula is C22H14BF10N. The molecule has 180 valence electrons. The molecule has 1 unspecified atom stereocenters. The Labute approximate surface area is 187 Å². The number of halogens is 10. The van der Waals surface area contributed by atoms with Gasteiger partial charge < -0.3 is 4.90 Å². The molecule has 0 heterocycles. The predicted octanol–water partition coefficient (Wildman–Crippen LogP) is 4.22. The van der Waals surface area contributed by atoms with E-state index in [1.165, 1.54) is 30.0 Å². The average molecular weight is 493 g/mol. The van der Waals surface area contributed by atoms with E-state index in [4.69, 9.17) is 0 Å². The summed E-state index contributed by atoms with van der Waals surface area (Å²) in [6.45, 7) is -1.06. The number of nitrogens with zero attached hydrogens (tertiary/aromatic N) is 1. The third-order valence-electron chi connectivity index (χ3n) is 5.60. The van der Waals surface area contributed by atoms with Gasteiger partial charge in [0.05, 0.1) is 0 Å². The molecule has 1 atom stereocenters. The van der Waals surface area contributed by atoms with Crippen molar-refractivity contribution >= 4 is 23.1 Å². The summed E-state index contributed by atoms with van der Waals surface area (Å²) >= 11 is 0. The average Bonchev–Trinajstić information content (AvgIpc) is 2.82. The minimum absolute atomic E-state index is 0.0744. The fraction of sp³-hybridized carbons (Fsp3) is 0.182. The maximum absolute atomic E-state index is 14.8. The highest BCUT2D eigenvalue weighted by Crippen LogP contribution is 2.23. The second-order valence-corrected chi connectivity index (χ2v) is 7.67. The third kappa shape index (κ3) is 3.93. The SMILES string of the molecule is CC(c1ccccc1B(c1c(F)c(F)c(F)c(F)c1F)c1c(F)c(F)c(F)c(F)c1F)N(C)C. The molecule has 3 aromatic rings. The molecule has 0 saturated heterocycles. The molecule has 0 amide bonds. The number of hydrogen-bond acceptors (Lipinski definition) is 1. The van der Waals surface area contributed by atoms with E-state index in [1.807, 2.05) is 0 Å². The van der Waals surface area contributed by atoms with E-state index in [0.717, 1.165) is 6.07 Å². The Balaban J connectivity index is 2.57. The molecule has 3 aromatic carbocycles. The van der Waals surface area contributed by atoms with Gasteiger partial charge in [0.2, 0.25) is 0 Å². The quantitative estimate of drug-likeness (QED) is 0.223. The van der Waals surface area contributed by atoms with Crippen molar-refractivity contribution in [3.05, 3.63) is 88.0 Å². The van der Waals surface area contributed by atoms with Crippen molar-refractivity contribution in [2.75, 3.05) is 14.1 Å². The van der Waals surface area contributed by atoms with Crippen molar-refractivity contribution in [1.82, 2.24) is 4.90 Å². The number of benzene rings is 3. The normalized spacial score (nSPS) is 12.4. The van der Waals surface area contributed by atoms with Crippen LogP contribution in [0.15, 0.2) is 24.3 Å². The summed E-state index contributed by atoms with van der Waals surface area (Å²) in [5.41, 5.74) is -3.89. The van der Waals surface area contributed by atoms with Crippen molar-refractivity contribution in [3.8, 4) is 0 Å². The lowest BCUT2D eigenvalue weighted by Crippen LogP contribution is -2.59. The van der Waals surface area contributed by atoms with Crippen molar-refractivity contribution in [1.29, 1.82) is 0 Å². The lowest BCUT2D eigenvalue weighted by Gasteiger charge is -2.27. The lowest BCUT2D eigenvalue weighted by atomic mass is 9.35. The van der Waals surface area contributed by atoms with Gasteiger partial charge in [0.25, 0.3) is 6.71 Å². The van der Waals surface area contributed by atoms with Crippen LogP contribution in [0.1, 0.15) is 18.5 Å². The smallest absolute Gasteiger partial charge is 0.257 e. The van der Waals surface area contributed by atoms with Crippen LogP contribution in [0.5, 0.6) is 0 Å². The first-order valence-corrected chi connectivity index (χ1v) is 9.60. The minimum atomic E-state index is -2.59. The first-order valence-electron chi connectivity index (χ1n) is 9.60. The molecular weight excluding hydrogens is 479 g/mol. The Morgan fingerprint density at radius 3 is 1.24 bits per heavy atom. The molecule has 0 aliphatic carbocycles. The van der Waals surface area contributed by atoms with Crippen molar-refractivity contribution in [2.24, 2.45) is 0 Å². The van der Waals surface area contributed by atoms with E-state index in [2.05, 4.69) is 0 Å². The summed E-state index contributed by atoms with van der Waals surface area (Å²) in [6.07, 6.45) is 0. The van der Waals surface area contributed by atoms with Gasteiger partial charge in [0.15, 0.2) is 58.2 Å². The molecule has 3 rings (SSSR count). The van der Waals surface area contributed by atoms with Crippen LogP contribution in [0.4, 0.5) is 43.9 Å². The molecule has 0 saturated carbocycles. The molecule has 0 aromatic heterocycles. The zero-order valence-corrected chi connectivity index (χ0v) is 17.7. The van der Waals surface area contributed by atoms with Gasteiger partial charge in [-0.25, -0.2) is 43.9 Å². The van der Waals surface area contributed by atoms with Crippen LogP contribution in [0, 0.1) is 58.2 Å². The first kappa shape index (κ1) is 25.6. The first-order chi connectivity index (χ1) is 15.8. The summed E-state index contributed by atoms with van der Waals surface area (Å²) < 4.78 is 143. The Bertz CT molecular complexity index is 1150. The van der Waals surface area contributed by atoms with Crippen LogP contribution in [-0.4, -0.2) is 25.7 Å². The molecule has 0 radical (unpaired) electrons. The van der Waals surface area contributed by atoms with Gasteiger partial charge in [0.1, 0.15) is 0 Å². The predicted molar refractivity (Wildman–Crippen MR) is 106 cm³/mol. The second-order valence-electron chi connectivity index (χ2n) is 7.67. The Hall–Kier alpha value is -3.02. The zero-order valence-electron chi connectivity index (χ0n) is 17.7. The highest BCUT2D eigenvalue weighted by Gasteiger charge is 2.41. The van der Waals surface area contributed by atoms with E-state index in [1.54, 1.807) is 14.1 Å². The second kappa shape index (κ2) is 9.32. The van der Waals surface area contributed by atoms with E-state index >= 15 is 0 Å². The summed E-state index contributed by atoms with van der Waals surface area (Å²) in [7, 11) is 3.10. The van der Waals surface area contributed by atoms with Gasteiger partial charge in [-0.05, 0) is 26.6 Å². The van der Waals surface area contributed by atoms with E-state index in [-0.39, 0.29) is 5.56 Å². The van der Waals surface area contributed by atoms with Gasteiger partial charge in [-0.2, -0.15) is 0 Å². The molecule has 1 nitrogen and oxygen atoms in total. The Kier molecular flexibility index (Phi) is 7.02. The number of hydrogen-bond donors (Lipinski definition) is 0. The summed E-state index contributed by atoms with van der Waals surface area (Å²) in [5, 5.41) is 0. The third-order valence-corrected chi connectivity index (χ3v) is 5.60. The molecule has 12 heteroatoms. The van der Waals surface area contributed by atoms with Crippen molar-refractivity contribution in [3.63, 3.8) is 0 Å². The van der Waals surface area contributed by atoms with Gasteiger partial charge >= 0.3 is 0 Å². The van der Waals surface area contributed by atoms with E-state index in [9.17, 15) is 43.9 Å². The lowest BCUT2D eigenvalue weighted by molar-refractivity contribution is 0.322. The standard InChI is InChI=1S/C22H14BF10N/c1-8(34(2)3)9-6-4-5-7-10(9)23(11-13(24)17(28)21(32)18(29)14(11)25)12-15(26)19(30)22(33)20(31)16(12)27/h4-8H,1-3H3. The van der Waals surface area contributed by atoms with Crippen LogP contribution in [0.2, 0.25) is 0 Å². The highest BCUT2D eigenvalue weighted by atomic mass is 19.2. The summed E-state index contributed by atoms with van der Waals surface area (Å²) in [6, 6.07) is 4.31. The van der Waals surface area contributed by atoms with Gasteiger partial charge in [-0.1, -0.05) is 29.7 Å². The van der Waals surface area contributed by atoms with Crippen LogP contribution in [0.3, 0.4) is 0 Å². The monoisotopic (exact) mass is 493 g/mol. The van der Waals surface area contributed by atoms with E-state index < -0.39 is 87.3 Å². The van der Waals surface area contributed by atoms with E-state index in [0.29, 0.717) is 0 Å². The Morgan fingerprint density at radius 1 is 0.559 bits per heavy atom. The molecule has 0 bridgehead atoms. The summed E-state index contributed by atoms with van der Waals surface area (Å²) in [4.78, 5) is 1.53. The number of rotatable bonds is 5. The van der Waals surface area contributed by atoms with Crippen LogP contribution < -0.4 is 16.4 Å². The fourth-order valence-electron chi connectivity index (χ4n) is 3.64. The minimum Gasteiger partial charge on any atom is -0.303 e. The maximum atomic E-state index is 14.8.